The Kier molecular flexibility index (Phi) is 4.27. The van der Waals surface area contributed by atoms with Gasteiger partial charge in [-0.05, 0) is 56.7 Å². The second kappa shape index (κ2) is 6.17. The lowest BCUT2D eigenvalue weighted by Gasteiger charge is -2.17. The molecule has 1 aliphatic heterocycles. The van der Waals surface area contributed by atoms with Crippen LogP contribution in [0.3, 0.4) is 0 Å². The third-order valence-corrected chi connectivity index (χ3v) is 5.61. The van der Waals surface area contributed by atoms with E-state index in [0.717, 1.165) is 37.4 Å². The summed E-state index contributed by atoms with van der Waals surface area (Å²) in [7, 11) is 0. The maximum atomic E-state index is 12.2. The zero-order chi connectivity index (χ0) is 14.8. The van der Waals surface area contributed by atoms with Crippen molar-refractivity contribution in [3.05, 3.63) is 16.0 Å². The third-order valence-electron chi connectivity index (χ3n) is 4.44. The van der Waals surface area contributed by atoms with E-state index < -0.39 is 0 Å². The van der Waals surface area contributed by atoms with Crippen LogP contribution in [0, 0.1) is 17.2 Å². The van der Waals surface area contributed by atoms with E-state index in [0.29, 0.717) is 18.0 Å². The molecular weight excluding hydrogens is 282 g/mol. The Balaban J connectivity index is 1.73. The Hall–Kier alpha value is -1.38. The molecule has 0 saturated carbocycles. The second-order valence-electron chi connectivity index (χ2n) is 6.20. The van der Waals surface area contributed by atoms with Crippen LogP contribution in [0.5, 0.6) is 0 Å². The molecule has 0 bridgehead atoms. The summed E-state index contributed by atoms with van der Waals surface area (Å²) in [6, 6.07) is 2.30. The van der Waals surface area contributed by atoms with Gasteiger partial charge in [0.15, 0.2) is 0 Å². The highest BCUT2D eigenvalue weighted by Gasteiger charge is 2.25. The molecule has 112 valence electrons. The number of likely N-dealkylation sites (tertiary alicyclic amines) is 1. The van der Waals surface area contributed by atoms with Crippen LogP contribution < -0.4 is 5.32 Å². The van der Waals surface area contributed by atoms with Gasteiger partial charge in [0.2, 0.25) is 5.91 Å². The fourth-order valence-corrected chi connectivity index (χ4v) is 4.64. The molecule has 1 saturated heterocycles. The topological polar surface area (TPSA) is 56.1 Å². The van der Waals surface area contributed by atoms with Gasteiger partial charge in [-0.25, -0.2) is 0 Å². The van der Waals surface area contributed by atoms with Crippen LogP contribution in [0.2, 0.25) is 0 Å². The summed E-state index contributed by atoms with van der Waals surface area (Å²) in [5.74, 6) is 0.691. The van der Waals surface area contributed by atoms with Gasteiger partial charge in [0.1, 0.15) is 11.1 Å². The molecule has 1 aromatic heterocycles. The minimum atomic E-state index is 0.0139. The molecule has 2 heterocycles. The Morgan fingerprint density at radius 2 is 2.24 bits per heavy atom. The SMILES string of the molecule is CC1CCc2c(sc(NC(=O)CN3CCCC3)c2C#N)C1. The lowest BCUT2D eigenvalue weighted by molar-refractivity contribution is -0.117. The molecule has 0 radical (unpaired) electrons. The smallest absolute Gasteiger partial charge is 0.239 e. The molecule has 21 heavy (non-hydrogen) atoms. The first-order chi connectivity index (χ1) is 10.2. The van der Waals surface area contributed by atoms with Crippen molar-refractivity contribution in [1.29, 1.82) is 5.26 Å². The van der Waals surface area contributed by atoms with Crippen LogP contribution in [0.25, 0.3) is 0 Å². The van der Waals surface area contributed by atoms with Gasteiger partial charge in [-0.1, -0.05) is 6.92 Å². The summed E-state index contributed by atoms with van der Waals surface area (Å²) in [6.07, 6.45) is 5.51. The molecule has 0 aromatic carbocycles. The number of hydrogen-bond donors (Lipinski definition) is 1. The van der Waals surface area contributed by atoms with Crippen LogP contribution in [-0.2, 0) is 17.6 Å². The van der Waals surface area contributed by atoms with E-state index in [-0.39, 0.29) is 5.91 Å². The molecule has 1 unspecified atom stereocenters. The second-order valence-corrected chi connectivity index (χ2v) is 7.30. The van der Waals surface area contributed by atoms with Crippen molar-refractivity contribution >= 4 is 22.2 Å². The molecule has 2 aliphatic rings. The molecule has 3 rings (SSSR count). The highest BCUT2D eigenvalue weighted by molar-refractivity contribution is 7.16. The monoisotopic (exact) mass is 303 g/mol. The van der Waals surface area contributed by atoms with E-state index >= 15 is 0 Å². The van der Waals surface area contributed by atoms with Crippen LogP contribution in [-0.4, -0.2) is 30.4 Å². The predicted molar refractivity (Wildman–Crippen MR) is 84.5 cm³/mol. The average Bonchev–Trinajstić information content (AvgIpc) is 3.05. The first-order valence-electron chi connectivity index (χ1n) is 7.74. The van der Waals surface area contributed by atoms with Crippen molar-refractivity contribution < 1.29 is 4.79 Å². The van der Waals surface area contributed by atoms with Crippen molar-refractivity contribution in [1.82, 2.24) is 4.90 Å². The van der Waals surface area contributed by atoms with Crippen molar-refractivity contribution in [2.75, 3.05) is 25.0 Å². The van der Waals surface area contributed by atoms with Gasteiger partial charge >= 0.3 is 0 Å². The summed E-state index contributed by atoms with van der Waals surface area (Å²) in [5, 5.41) is 13.2. The normalized spacial score (nSPS) is 21.8. The highest BCUT2D eigenvalue weighted by atomic mass is 32.1. The van der Waals surface area contributed by atoms with Crippen molar-refractivity contribution in [3.63, 3.8) is 0 Å². The van der Waals surface area contributed by atoms with Gasteiger partial charge < -0.3 is 5.32 Å². The first kappa shape index (κ1) is 14.6. The third kappa shape index (κ3) is 3.12. The molecule has 4 nitrogen and oxygen atoms in total. The van der Waals surface area contributed by atoms with Crippen LogP contribution in [0.1, 0.15) is 42.2 Å². The highest BCUT2D eigenvalue weighted by Crippen LogP contribution is 2.39. The van der Waals surface area contributed by atoms with Gasteiger partial charge in [-0.15, -0.1) is 11.3 Å². The lowest BCUT2D eigenvalue weighted by atomic mass is 9.89. The average molecular weight is 303 g/mol. The summed E-state index contributed by atoms with van der Waals surface area (Å²) in [4.78, 5) is 15.6. The first-order valence-corrected chi connectivity index (χ1v) is 8.56. The number of thiophene rings is 1. The van der Waals surface area contributed by atoms with Crippen molar-refractivity contribution in [2.45, 2.75) is 39.0 Å². The zero-order valence-corrected chi connectivity index (χ0v) is 13.3. The Morgan fingerprint density at radius 3 is 2.95 bits per heavy atom. The maximum absolute atomic E-state index is 12.2. The minimum Gasteiger partial charge on any atom is -0.315 e. The van der Waals surface area contributed by atoms with Gasteiger partial charge in [-0.3, -0.25) is 9.69 Å². The molecule has 1 amide bonds. The van der Waals surface area contributed by atoms with Crippen molar-refractivity contribution in [3.8, 4) is 6.07 Å². The van der Waals surface area contributed by atoms with E-state index in [4.69, 9.17) is 0 Å². The van der Waals surface area contributed by atoms with Gasteiger partial charge in [0, 0.05) is 4.88 Å². The number of hydrogen-bond acceptors (Lipinski definition) is 4. The Labute approximate surface area is 129 Å². The van der Waals surface area contributed by atoms with Gasteiger partial charge in [0.05, 0.1) is 12.1 Å². The number of anilines is 1. The number of rotatable bonds is 3. The van der Waals surface area contributed by atoms with E-state index in [1.54, 1.807) is 11.3 Å². The van der Waals surface area contributed by atoms with E-state index in [9.17, 15) is 10.1 Å². The number of amides is 1. The molecular formula is C16H21N3OS. The number of carbonyl (C=O) groups is 1. The quantitative estimate of drug-likeness (QED) is 0.934. The van der Waals surface area contributed by atoms with Crippen molar-refractivity contribution in [2.24, 2.45) is 5.92 Å². The summed E-state index contributed by atoms with van der Waals surface area (Å²) < 4.78 is 0. The zero-order valence-electron chi connectivity index (χ0n) is 12.4. The number of nitrogens with zero attached hydrogens (tertiary/aromatic N) is 2. The number of carbonyl (C=O) groups excluding carboxylic acids is 1. The molecule has 5 heteroatoms. The number of nitriles is 1. The van der Waals surface area contributed by atoms with Gasteiger partial charge in [-0.2, -0.15) is 5.26 Å². The van der Waals surface area contributed by atoms with E-state index in [2.05, 4.69) is 23.2 Å². The molecule has 1 aromatic rings. The maximum Gasteiger partial charge on any atom is 0.239 e. The fraction of sp³-hybridized carbons (Fsp3) is 0.625. The standard InChI is InChI=1S/C16H21N3OS/c1-11-4-5-12-13(9-17)16(21-14(12)8-11)18-15(20)10-19-6-2-3-7-19/h11H,2-8,10H2,1H3,(H,18,20). The summed E-state index contributed by atoms with van der Waals surface area (Å²) in [6.45, 7) is 4.72. The molecule has 1 fully saturated rings. The Bertz CT molecular complexity index is 581. The van der Waals surface area contributed by atoms with E-state index in [1.807, 2.05) is 0 Å². The van der Waals surface area contributed by atoms with Gasteiger partial charge in [0.25, 0.3) is 0 Å². The summed E-state index contributed by atoms with van der Waals surface area (Å²) >= 11 is 1.60. The minimum absolute atomic E-state index is 0.0139. The molecule has 1 atom stereocenters. The van der Waals surface area contributed by atoms with E-state index in [1.165, 1.54) is 23.3 Å². The van der Waals surface area contributed by atoms with Crippen LogP contribution in [0.15, 0.2) is 0 Å². The molecule has 0 spiro atoms. The molecule has 1 N–H and O–H groups in total. The Morgan fingerprint density at radius 1 is 1.48 bits per heavy atom. The molecule has 1 aliphatic carbocycles. The number of nitrogens with one attached hydrogen (secondary N) is 1. The van der Waals surface area contributed by atoms with Crippen LogP contribution >= 0.6 is 11.3 Å². The number of fused-ring (bicyclic) bond motifs is 1. The largest absolute Gasteiger partial charge is 0.315 e. The lowest BCUT2D eigenvalue weighted by Crippen LogP contribution is -2.30. The van der Waals surface area contributed by atoms with Crippen LogP contribution in [0.4, 0.5) is 5.00 Å². The predicted octanol–water partition coefficient (Wildman–Crippen LogP) is 2.78. The fourth-order valence-electron chi connectivity index (χ4n) is 3.27. The summed E-state index contributed by atoms with van der Waals surface area (Å²) in [5.41, 5.74) is 1.88.